The molecule has 36 heavy (non-hydrogen) atoms. The van der Waals surface area contributed by atoms with Crippen molar-refractivity contribution in [3.05, 3.63) is 130 Å². The minimum atomic E-state index is -3.90. The maximum Gasteiger partial charge on any atom is 0.262 e. The first-order valence-corrected chi connectivity index (χ1v) is 13.3. The number of benzene rings is 4. The summed E-state index contributed by atoms with van der Waals surface area (Å²) in [5.41, 5.74) is 6.22. The second-order valence-corrected chi connectivity index (χ2v) is 10.8. The number of nitrogens with one attached hydrogen (secondary N) is 2. The van der Waals surface area contributed by atoms with Crippen molar-refractivity contribution in [1.29, 1.82) is 0 Å². The summed E-state index contributed by atoms with van der Waals surface area (Å²) in [7, 11) is -3.90. The first-order valence-electron chi connectivity index (χ1n) is 11.8. The van der Waals surface area contributed by atoms with Gasteiger partial charge in [-0.25, -0.2) is 8.42 Å². The van der Waals surface area contributed by atoms with Gasteiger partial charge in [0.2, 0.25) is 0 Å². The number of carbonyl (C=O) groups is 1. The standard InChI is InChI=1S/C30H30N2O3S/c1-20-10-14-25(15-11-20)29(24-8-6-5-7-9-24)31-30(33)26-16-13-22(3)28(19-26)36(34,35)32-27-17-12-21(2)18-23(27)4/h5-19,29,32H,1-4H3,(H,31,33)/t29-/m0/s1. The predicted octanol–water partition coefficient (Wildman–Crippen LogP) is 6.24. The minimum absolute atomic E-state index is 0.0710. The van der Waals surface area contributed by atoms with E-state index in [0.29, 0.717) is 11.3 Å². The summed E-state index contributed by atoms with van der Waals surface area (Å²) in [6.45, 7) is 7.55. The van der Waals surface area contributed by atoms with Crippen LogP contribution in [0.15, 0.2) is 95.9 Å². The smallest absolute Gasteiger partial charge is 0.262 e. The number of amides is 1. The average Bonchev–Trinajstić information content (AvgIpc) is 2.85. The fraction of sp³-hybridized carbons (Fsp3) is 0.167. The van der Waals surface area contributed by atoms with Crippen molar-refractivity contribution in [2.24, 2.45) is 0 Å². The van der Waals surface area contributed by atoms with E-state index in [9.17, 15) is 13.2 Å². The molecule has 0 unspecified atom stereocenters. The molecule has 0 bridgehead atoms. The summed E-state index contributed by atoms with van der Waals surface area (Å²) in [5.74, 6) is -0.354. The summed E-state index contributed by atoms with van der Waals surface area (Å²) in [4.78, 5) is 13.5. The highest BCUT2D eigenvalue weighted by Crippen LogP contribution is 2.26. The Morgan fingerprint density at radius 2 is 1.33 bits per heavy atom. The summed E-state index contributed by atoms with van der Waals surface area (Å²) in [5, 5.41) is 3.09. The van der Waals surface area contributed by atoms with Crippen LogP contribution in [-0.4, -0.2) is 14.3 Å². The molecule has 0 saturated heterocycles. The first kappa shape index (κ1) is 25.2. The van der Waals surface area contributed by atoms with Crippen molar-refractivity contribution >= 4 is 21.6 Å². The number of hydrogen-bond donors (Lipinski definition) is 2. The molecule has 184 valence electrons. The highest BCUT2D eigenvalue weighted by Gasteiger charge is 2.22. The van der Waals surface area contributed by atoms with E-state index in [2.05, 4.69) is 10.0 Å². The molecule has 0 fully saturated rings. The van der Waals surface area contributed by atoms with Crippen LogP contribution in [0.2, 0.25) is 0 Å². The van der Waals surface area contributed by atoms with E-state index in [1.165, 1.54) is 6.07 Å². The third-order valence-electron chi connectivity index (χ3n) is 6.19. The van der Waals surface area contributed by atoms with Gasteiger partial charge in [0.05, 0.1) is 16.6 Å². The lowest BCUT2D eigenvalue weighted by molar-refractivity contribution is 0.0942. The van der Waals surface area contributed by atoms with E-state index in [4.69, 9.17) is 0 Å². The lowest BCUT2D eigenvalue weighted by Gasteiger charge is -2.21. The van der Waals surface area contributed by atoms with Gasteiger partial charge in [0.15, 0.2) is 0 Å². The number of anilines is 1. The molecule has 0 aliphatic rings. The average molecular weight is 499 g/mol. The lowest BCUT2D eigenvalue weighted by atomic mass is 9.97. The Labute approximate surface area is 213 Å². The molecule has 5 nitrogen and oxygen atoms in total. The maximum atomic E-state index is 13.4. The summed E-state index contributed by atoms with van der Waals surface area (Å²) >= 11 is 0. The van der Waals surface area contributed by atoms with E-state index in [1.807, 2.05) is 87.5 Å². The SMILES string of the molecule is Cc1ccc([C@@H](NC(=O)c2ccc(C)c(S(=O)(=O)Nc3ccc(C)cc3C)c2)c2ccccc2)cc1. The Bertz CT molecular complexity index is 1500. The topological polar surface area (TPSA) is 75.3 Å². The van der Waals surface area contributed by atoms with Crippen LogP contribution in [0.3, 0.4) is 0 Å². The van der Waals surface area contributed by atoms with Gasteiger partial charge in [-0.15, -0.1) is 0 Å². The van der Waals surface area contributed by atoms with E-state index < -0.39 is 10.0 Å². The van der Waals surface area contributed by atoms with Crippen LogP contribution in [0.25, 0.3) is 0 Å². The van der Waals surface area contributed by atoms with Crippen molar-refractivity contribution in [1.82, 2.24) is 5.32 Å². The first-order chi connectivity index (χ1) is 17.1. The normalized spacial score (nSPS) is 12.1. The Kier molecular flexibility index (Phi) is 7.27. The quantitative estimate of drug-likeness (QED) is 0.317. The number of hydrogen-bond acceptors (Lipinski definition) is 3. The molecular weight excluding hydrogens is 468 g/mol. The van der Waals surface area contributed by atoms with Crippen LogP contribution in [-0.2, 0) is 10.0 Å². The molecule has 0 spiro atoms. The molecule has 4 aromatic rings. The number of carbonyl (C=O) groups excluding carboxylic acids is 1. The number of aryl methyl sites for hydroxylation is 4. The Morgan fingerprint density at radius 1 is 0.694 bits per heavy atom. The van der Waals surface area contributed by atoms with Crippen molar-refractivity contribution < 1.29 is 13.2 Å². The summed E-state index contributed by atoms with van der Waals surface area (Å²) in [6, 6.07) is 27.6. The molecule has 0 saturated carbocycles. The van der Waals surface area contributed by atoms with Crippen molar-refractivity contribution in [2.45, 2.75) is 38.6 Å². The van der Waals surface area contributed by atoms with Gasteiger partial charge in [0.25, 0.3) is 15.9 Å². The summed E-state index contributed by atoms with van der Waals surface area (Å²) in [6.07, 6.45) is 0. The highest BCUT2D eigenvalue weighted by molar-refractivity contribution is 7.92. The fourth-order valence-electron chi connectivity index (χ4n) is 4.14. The van der Waals surface area contributed by atoms with Gasteiger partial charge in [-0.3, -0.25) is 9.52 Å². The van der Waals surface area contributed by atoms with Gasteiger partial charge in [-0.05, 0) is 68.1 Å². The molecule has 0 aliphatic heterocycles. The van der Waals surface area contributed by atoms with Crippen molar-refractivity contribution in [3.63, 3.8) is 0 Å². The molecule has 4 aromatic carbocycles. The van der Waals surface area contributed by atoms with Crippen LogP contribution in [0.5, 0.6) is 0 Å². The number of rotatable bonds is 7. The zero-order chi connectivity index (χ0) is 25.9. The molecule has 1 atom stereocenters. The molecule has 1 amide bonds. The van der Waals surface area contributed by atoms with Crippen molar-refractivity contribution in [3.8, 4) is 0 Å². The van der Waals surface area contributed by atoms with Crippen LogP contribution in [0, 0.1) is 27.7 Å². The molecular formula is C30H30N2O3S. The zero-order valence-electron chi connectivity index (χ0n) is 20.9. The van der Waals surface area contributed by atoms with Crippen LogP contribution in [0.1, 0.15) is 49.8 Å². The zero-order valence-corrected chi connectivity index (χ0v) is 21.7. The molecule has 2 N–H and O–H groups in total. The fourth-order valence-corrected chi connectivity index (χ4v) is 5.54. The minimum Gasteiger partial charge on any atom is -0.341 e. The molecule has 0 aliphatic carbocycles. The molecule has 0 aromatic heterocycles. The third-order valence-corrected chi connectivity index (χ3v) is 7.69. The number of sulfonamides is 1. The van der Waals surface area contributed by atoms with Gasteiger partial charge in [-0.2, -0.15) is 0 Å². The van der Waals surface area contributed by atoms with Crippen LogP contribution < -0.4 is 10.0 Å². The van der Waals surface area contributed by atoms with Crippen LogP contribution >= 0.6 is 0 Å². The third kappa shape index (κ3) is 5.66. The highest BCUT2D eigenvalue weighted by atomic mass is 32.2. The molecule has 4 rings (SSSR count). The second-order valence-electron chi connectivity index (χ2n) is 9.13. The van der Waals surface area contributed by atoms with E-state index in [0.717, 1.165) is 27.8 Å². The van der Waals surface area contributed by atoms with Crippen molar-refractivity contribution in [2.75, 3.05) is 4.72 Å². The summed E-state index contributed by atoms with van der Waals surface area (Å²) < 4.78 is 29.3. The maximum absolute atomic E-state index is 13.4. The monoisotopic (exact) mass is 498 g/mol. The van der Waals surface area contributed by atoms with Gasteiger partial charge >= 0.3 is 0 Å². The van der Waals surface area contributed by atoms with E-state index in [-0.39, 0.29) is 22.4 Å². The molecule has 0 heterocycles. The molecule has 6 heteroatoms. The van der Waals surface area contributed by atoms with Crippen LogP contribution in [0.4, 0.5) is 5.69 Å². The van der Waals surface area contributed by atoms with E-state index >= 15 is 0 Å². The Balaban J connectivity index is 1.65. The second kappa shape index (κ2) is 10.4. The van der Waals surface area contributed by atoms with Gasteiger partial charge < -0.3 is 5.32 Å². The Morgan fingerprint density at radius 3 is 2.00 bits per heavy atom. The van der Waals surface area contributed by atoms with Gasteiger partial charge in [0, 0.05) is 5.56 Å². The Hall–Kier alpha value is -3.90. The predicted molar refractivity (Wildman–Crippen MR) is 145 cm³/mol. The van der Waals surface area contributed by atoms with Gasteiger partial charge in [0.1, 0.15) is 0 Å². The van der Waals surface area contributed by atoms with E-state index in [1.54, 1.807) is 25.1 Å². The van der Waals surface area contributed by atoms with Gasteiger partial charge in [-0.1, -0.05) is 83.9 Å². The lowest BCUT2D eigenvalue weighted by Crippen LogP contribution is -2.29. The largest absolute Gasteiger partial charge is 0.341 e. The molecule has 0 radical (unpaired) electrons.